The summed E-state index contributed by atoms with van der Waals surface area (Å²) >= 11 is 7.18. The number of anilines is 1. The number of likely N-dealkylation sites (tertiary alicyclic amines) is 1. The van der Waals surface area contributed by atoms with E-state index in [1.807, 2.05) is 11.1 Å². The standard InChI is InChI=1S/C32H42ClN7O2/c1-6-26(41)38-17-31(18-38)12-22(13-31)40-21(5)27(28-24-14-34-35-25(24)11-20(4)29(28)33)30(36-40)39-10-9-37(23-15-42-16-23)19-32(39,7-2)8-3/h6,11,14,22-23H,1,7-10,12-13,15-19H2,2-5H3,(H,34,35). The predicted octanol–water partition coefficient (Wildman–Crippen LogP) is 5.13. The molecule has 9 nitrogen and oxygen atoms in total. The minimum absolute atomic E-state index is 0.0326. The van der Waals surface area contributed by atoms with E-state index < -0.39 is 0 Å². The first-order valence-electron chi connectivity index (χ1n) is 15.5. The van der Waals surface area contributed by atoms with Crippen LogP contribution in [0.25, 0.3) is 22.0 Å². The van der Waals surface area contributed by atoms with Crippen LogP contribution in [0.4, 0.5) is 5.82 Å². The van der Waals surface area contributed by atoms with Gasteiger partial charge in [-0.1, -0.05) is 32.0 Å². The van der Waals surface area contributed by atoms with Crippen LogP contribution in [0.1, 0.15) is 56.8 Å². The first-order valence-corrected chi connectivity index (χ1v) is 15.8. The van der Waals surface area contributed by atoms with E-state index in [4.69, 9.17) is 21.4 Å². The van der Waals surface area contributed by atoms with E-state index in [0.717, 1.165) is 116 Å². The molecule has 0 bridgehead atoms. The van der Waals surface area contributed by atoms with Crippen molar-refractivity contribution >= 4 is 34.2 Å². The molecule has 5 heterocycles. The summed E-state index contributed by atoms with van der Waals surface area (Å²) in [5.41, 5.74) is 5.47. The predicted molar refractivity (Wildman–Crippen MR) is 166 cm³/mol. The van der Waals surface area contributed by atoms with Crippen molar-refractivity contribution < 1.29 is 9.53 Å². The van der Waals surface area contributed by atoms with Gasteiger partial charge < -0.3 is 14.5 Å². The average molecular weight is 592 g/mol. The van der Waals surface area contributed by atoms with Crippen LogP contribution in [0.3, 0.4) is 0 Å². The second-order valence-electron chi connectivity index (χ2n) is 13.1. The fourth-order valence-electron chi connectivity index (χ4n) is 8.14. The van der Waals surface area contributed by atoms with Gasteiger partial charge in [-0.3, -0.25) is 19.5 Å². The number of benzene rings is 1. The number of ether oxygens (including phenoxy) is 1. The van der Waals surface area contributed by atoms with Crippen molar-refractivity contribution in [3.05, 3.63) is 41.2 Å². The lowest BCUT2D eigenvalue weighted by Gasteiger charge is -2.58. The summed E-state index contributed by atoms with van der Waals surface area (Å²) in [7, 11) is 0. The zero-order valence-electron chi connectivity index (χ0n) is 25.2. The van der Waals surface area contributed by atoms with Crippen molar-refractivity contribution in [2.45, 2.75) is 71.0 Å². The van der Waals surface area contributed by atoms with Gasteiger partial charge in [-0.15, -0.1) is 0 Å². The minimum atomic E-state index is -0.0413. The van der Waals surface area contributed by atoms with E-state index in [1.54, 1.807) is 0 Å². The SMILES string of the molecule is C=CC(=O)N1CC2(CC(n3nc(N4CCN(C5COC5)CC4(CC)CC)c(-c4c(Cl)c(C)cc5[nH]ncc45)c3C)C2)C1. The first-order chi connectivity index (χ1) is 20.2. The van der Waals surface area contributed by atoms with Gasteiger partial charge in [-0.25, -0.2) is 0 Å². The van der Waals surface area contributed by atoms with Crippen molar-refractivity contribution in [2.75, 3.05) is 50.8 Å². The lowest BCUT2D eigenvalue weighted by Crippen LogP contribution is -2.66. The monoisotopic (exact) mass is 591 g/mol. The van der Waals surface area contributed by atoms with Crippen molar-refractivity contribution in [1.29, 1.82) is 0 Å². The molecule has 7 rings (SSSR count). The summed E-state index contributed by atoms with van der Waals surface area (Å²) in [6.07, 6.45) is 7.44. The van der Waals surface area contributed by atoms with Gasteiger partial charge in [-0.2, -0.15) is 10.2 Å². The molecule has 1 aliphatic carbocycles. The molecule has 224 valence electrons. The lowest BCUT2D eigenvalue weighted by molar-refractivity contribution is -0.149. The van der Waals surface area contributed by atoms with E-state index >= 15 is 0 Å². The third kappa shape index (κ3) is 4.07. The average Bonchev–Trinajstić information content (AvgIpc) is 3.51. The Hall–Kier alpha value is -2.88. The number of fused-ring (bicyclic) bond motifs is 1. The number of hydrogen-bond acceptors (Lipinski definition) is 6. The van der Waals surface area contributed by atoms with Crippen LogP contribution in [-0.2, 0) is 9.53 Å². The fourth-order valence-corrected chi connectivity index (χ4v) is 8.40. The number of halogens is 1. The Morgan fingerprint density at radius 2 is 1.88 bits per heavy atom. The zero-order valence-corrected chi connectivity index (χ0v) is 26.0. The number of aryl methyl sites for hydroxylation is 1. The summed E-state index contributed by atoms with van der Waals surface area (Å²) < 4.78 is 7.85. The van der Waals surface area contributed by atoms with Crippen LogP contribution in [0.2, 0.25) is 5.02 Å². The summed E-state index contributed by atoms with van der Waals surface area (Å²) in [5, 5.41) is 14.9. The number of rotatable bonds is 7. The molecule has 0 atom stereocenters. The highest BCUT2D eigenvalue weighted by molar-refractivity contribution is 6.36. The third-order valence-corrected chi connectivity index (χ3v) is 11.3. The molecular formula is C32H42ClN7O2. The number of carbonyl (C=O) groups is 1. The summed E-state index contributed by atoms with van der Waals surface area (Å²) in [5.74, 6) is 1.07. The number of nitrogens with one attached hydrogen (secondary N) is 1. The maximum absolute atomic E-state index is 12.1. The number of hydrogen-bond donors (Lipinski definition) is 1. The molecule has 4 aliphatic rings. The maximum atomic E-state index is 12.1. The maximum Gasteiger partial charge on any atom is 0.245 e. The van der Waals surface area contributed by atoms with Crippen LogP contribution in [0, 0.1) is 19.3 Å². The Morgan fingerprint density at radius 1 is 1.14 bits per heavy atom. The fraction of sp³-hybridized carbons (Fsp3) is 0.594. The second-order valence-corrected chi connectivity index (χ2v) is 13.5. The van der Waals surface area contributed by atoms with Gasteiger partial charge in [0.1, 0.15) is 0 Å². The molecule has 3 aliphatic heterocycles. The van der Waals surface area contributed by atoms with E-state index in [-0.39, 0.29) is 16.9 Å². The van der Waals surface area contributed by atoms with Crippen molar-refractivity contribution in [2.24, 2.45) is 5.41 Å². The summed E-state index contributed by atoms with van der Waals surface area (Å²) in [6.45, 7) is 18.8. The minimum Gasteiger partial charge on any atom is -0.378 e. The molecule has 10 heteroatoms. The highest BCUT2D eigenvalue weighted by Crippen LogP contribution is 2.56. The number of carbonyl (C=O) groups excluding carboxylic acids is 1. The molecule has 4 fully saturated rings. The van der Waals surface area contributed by atoms with Crippen molar-refractivity contribution in [3.63, 3.8) is 0 Å². The van der Waals surface area contributed by atoms with E-state index in [2.05, 4.69) is 65.0 Å². The Balaban J connectivity index is 1.31. The normalized spacial score (nSPS) is 22.3. The van der Waals surface area contributed by atoms with E-state index in [9.17, 15) is 4.79 Å². The molecule has 1 N–H and O–H groups in total. The van der Waals surface area contributed by atoms with Crippen LogP contribution >= 0.6 is 11.6 Å². The number of H-pyrrole nitrogens is 1. The van der Waals surface area contributed by atoms with Crippen LogP contribution in [0.5, 0.6) is 0 Å². The van der Waals surface area contributed by atoms with E-state index in [0.29, 0.717) is 12.1 Å². The molecule has 1 spiro atoms. The Bertz CT molecular complexity index is 1540. The molecule has 2 aromatic heterocycles. The number of aromatic nitrogens is 4. The molecule has 42 heavy (non-hydrogen) atoms. The quantitative estimate of drug-likeness (QED) is 0.384. The van der Waals surface area contributed by atoms with Gasteiger partial charge in [-0.05, 0) is 57.2 Å². The van der Waals surface area contributed by atoms with Gasteiger partial charge in [0.2, 0.25) is 5.91 Å². The number of nitrogens with zero attached hydrogens (tertiary/aromatic N) is 6. The van der Waals surface area contributed by atoms with Crippen molar-refractivity contribution in [1.82, 2.24) is 29.8 Å². The van der Waals surface area contributed by atoms with Crippen LogP contribution in [0.15, 0.2) is 24.9 Å². The van der Waals surface area contributed by atoms with Gasteiger partial charge in [0, 0.05) is 60.3 Å². The molecule has 1 saturated carbocycles. The molecule has 1 amide bonds. The number of aromatic amines is 1. The van der Waals surface area contributed by atoms with E-state index in [1.165, 1.54) is 6.08 Å². The van der Waals surface area contributed by atoms with Gasteiger partial charge >= 0.3 is 0 Å². The molecule has 3 saturated heterocycles. The number of amides is 1. The highest BCUT2D eigenvalue weighted by Gasteiger charge is 2.55. The topological polar surface area (TPSA) is 82.5 Å². The first kappa shape index (κ1) is 27.9. The summed E-state index contributed by atoms with van der Waals surface area (Å²) in [6, 6.07) is 2.90. The summed E-state index contributed by atoms with van der Waals surface area (Å²) in [4.78, 5) is 19.3. The molecule has 1 aromatic carbocycles. The Labute approximate surface area is 252 Å². The molecule has 0 radical (unpaired) electrons. The molecule has 0 unspecified atom stereocenters. The second kappa shape index (κ2) is 10.1. The van der Waals surface area contributed by atoms with Gasteiger partial charge in [0.15, 0.2) is 5.82 Å². The largest absolute Gasteiger partial charge is 0.378 e. The lowest BCUT2D eigenvalue weighted by atomic mass is 9.60. The smallest absolute Gasteiger partial charge is 0.245 e. The zero-order chi connectivity index (χ0) is 29.4. The Kier molecular flexibility index (Phi) is 6.71. The molecular weight excluding hydrogens is 550 g/mol. The highest BCUT2D eigenvalue weighted by atomic mass is 35.5. The van der Waals surface area contributed by atoms with Crippen LogP contribution < -0.4 is 4.90 Å². The third-order valence-electron chi connectivity index (χ3n) is 10.9. The van der Waals surface area contributed by atoms with Gasteiger partial charge in [0.05, 0.1) is 47.6 Å². The molecule has 3 aromatic rings. The Morgan fingerprint density at radius 3 is 2.52 bits per heavy atom. The van der Waals surface area contributed by atoms with Crippen LogP contribution in [-0.4, -0.2) is 93.2 Å². The van der Waals surface area contributed by atoms with Crippen molar-refractivity contribution in [3.8, 4) is 11.1 Å². The number of piperazine rings is 1. The van der Waals surface area contributed by atoms with Gasteiger partial charge in [0.25, 0.3) is 0 Å².